The van der Waals surface area contributed by atoms with Crippen LogP contribution in [0.25, 0.3) is 0 Å². The number of likely N-dealkylation sites (N-methyl/N-ethyl adjacent to an activating group) is 1. The molecule has 0 saturated heterocycles. The number of hydrogen-bond donors (Lipinski definition) is 1. The maximum Gasteiger partial charge on any atom is 0.329 e. The molecule has 1 aromatic rings. The fourth-order valence-corrected chi connectivity index (χ4v) is 2.30. The second-order valence-corrected chi connectivity index (χ2v) is 4.77. The van der Waals surface area contributed by atoms with Gasteiger partial charge in [0.2, 0.25) is 0 Å². The van der Waals surface area contributed by atoms with Crippen molar-refractivity contribution in [3.63, 3.8) is 0 Å². The molecule has 1 heterocycles. The second-order valence-electron chi connectivity index (χ2n) is 4.77. The van der Waals surface area contributed by atoms with Crippen LogP contribution in [0.3, 0.4) is 0 Å². The Bertz CT molecular complexity index is 442. The number of nitrogens with zero attached hydrogens (tertiary/aromatic N) is 1. The molecular weight excluding hydrogens is 202 g/mol. The quantitative estimate of drug-likeness (QED) is 0.787. The molecule has 2 rings (SSSR count). The predicted octanol–water partition coefficient (Wildman–Crippen LogP) is 2.22. The van der Waals surface area contributed by atoms with E-state index >= 15 is 0 Å². The lowest BCUT2D eigenvalue weighted by Crippen LogP contribution is -2.53. The number of carboxylic acids is 1. The van der Waals surface area contributed by atoms with Crippen LogP contribution in [-0.4, -0.2) is 23.7 Å². The molecule has 0 amide bonds. The number of carboxylic acid groups (broad SMARTS) is 1. The van der Waals surface area contributed by atoms with Gasteiger partial charge < -0.3 is 10.0 Å². The minimum absolute atomic E-state index is 0.662. The van der Waals surface area contributed by atoms with Crippen LogP contribution in [0.1, 0.15) is 24.5 Å². The van der Waals surface area contributed by atoms with E-state index in [0.29, 0.717) is 6.42 Å². The summed E-state index contributed by atoms with van der Waals surface area (Å²) in [5.41, 5.74) is 2.75. The van der Waals surface area contributed by atoms with Crippen LogP contribution in [0.2, 0.25) is 0 Å². The number of anilines is 1. The molecule has 1 atom stereocenters. The molecule has 0 fully saturated rings. The smallest absolute Gasteiger partial charge is 0.329 e. The molecule has 3 heteroatoms. The van der Waals surface area contributed by atoms with E-state index in [2.05, 4.69) is 13.0 Å². The third-order valence-electron chi connectivity index (χ3n) is 3.68. The van der Waals surface area contributed by atoms with Gasteiger partial charge in [0.15, 0.2) is 0 Å². The van der Waals surface area contributed by atoms with E-state index in [4.69, 9.17) is 0 Å². The zero-order valence-electron chi connectivity index (χ0n) is 9.95. The van der Waals surface area contributed by atoms with Gasteiger partial charge in [-0.15, -0.1) is 0 Å². The van der Waals surface area contributed by atoms with Gasteiger partial charge in [0.05, 0.1) is 0 Å². The molecule has 0 radical (unpaired) electrons. The first-order valence-electron chi connectivity index (χ1n) is 5.52. The number of rotatable bonds is 1. The normalized spacial score (nSPS) is 24.1. The maximum atomic E-state index is 11.3. The van der Waals surface area contributed by atoms with Gasteiger partial charge in [-0.05, 0) is 38.3 Å². The van der Waals surface area contributed by atoms with Crippen LogP contribution < -0.4 is 4.90 Å². The van der Waals surface area contributed by atoms with Gasteiger partial charge in [0, 0.05) is 12.7 Å². The zero-order valence-corrected chi connectivity index (χ0v) is 9.95. The van der Waals surface area contributed by atoms with Crippen molar-refractivity contribution >= 4 is 11.7 Å². The highest BCUT2D eigenvalue weighted by Gasteiger charge is 2.40. The fourth-order valence-electron chi connectivity index (χ4n) is 2.30. The molecule has 86 valence electrons. The summed E-state index contributed by atoms with van der Waals surface area (Å²) in [5.74, 6) is -0.749. The Morgan fingerprint density at radius 2 is 2.19 bits per heavy atom. The molecular formula is C13H17NO2. The first-order valence-corrected chi connectivity index (χ1v) is 5.52. The van der Waals surface area contributed by atoms with Crippen molar-refractivity contribution in [3.8, 4) is 0 Å². The molecule has 1 unspecified atom stereocenters. The van der Waals surface area contributed by atoms with Gasteiger partial charge in [-0.2, -0.15) is 0 Å². The molecule has 1 N–H and O–H groups in total. The van der Waals surface area contributed by atoms with Crippen LogP contribution in [0, 0.1) is 6.92 Å². The molecule has 1 aliphatic rings. The van der Waals surface area contributed by atoms with E-state index in [1.165, 1.54) is 11.1 Å². The first-order chi connectivity index (χ1) is 7.45. The molecule has 0 saturated carbocycles. The largest absolute Gasteiger partial charge is 0.480 e. The number of aryl methyl sites for hydroxylation is 2. The summed E-state index contributed by atoms with van der Waals surface area (Å²) in [6.07, 6.45) is 1.50. The van der Waals surface area contributed by atoms with Crippen molar-refractivity contribution in [2.45, 2.75) is 32.2 Å². The lowest BCUT2D eigenvalue weighted by molar-refractivity contribution is -0.143. The van der Waals surface area contributed by atoms with E-state index in [-0.39, 0.29) is 0 Å². The molecule has 0 aromatic heterocycles. The summed E-state index contributed by atoms with van der Waals surface area (Å²) < 4.78 is 0. The first kappa shape index (κ1) is 11.0. The number of fused-ring (bicyclic) bond motifs is 1. The van der Waals surface area contributed by atoms with Crippen LogP contribution in [0.15, 0.2) is 18.2 Å². The predicted molar refractivity (Wildman–Crippen MR) is 63.9 cm³/mol. The van der Waals surface area contributed by atoms with Gasteiger partial charge >= 0.3 is 5.97 Å². The monoisotopic (exact) mass is 219 g/mol. The van der Waals surface area contributed by atoms with Crippen LogP contribution in [0.4, 0.5) is 5.69 Å². The van der Waals surface area contributed by atoms with E-state index < -0.39 is 11.5 Å². The third-order valence-corrected chi connectivity index (χ3v) is 3.68. The Balaban J connectivity index is 2.47. The fraction of sp³-hybridized carbons (Fsp3) is 0.462. The average molecular weight is 219 g/mol. The number of carbonyl (C=O) groups is 1. The summed E-state index contributed by atoms with van der Waals surface area (Å²) in [4.78, 5) is 13.2. The molecule has 1 aromatic carbocycles. The zero-order chi connectivity index (χ0) is 11.9. The number of aliphatic carboxylic acids is 1. The van der Waals surface area contributed by atoms with Gasteiger partial charge in [-0.1, -0.05) is 17.7 Å². The summed E-state index contributed by atoms with van der Waals surface area (Å²) in [5, 5.41) is 9.31. The SMILES string of the molecule is Cc1ccc2c(c1)CCC(C)(C(=O)O)N2C. The van der Waals surface area contributed by atoms with E-state index in [1.807, 2.05) is 24.1 Å². The van der Waals surface area contributed by atoms with Crippen molar-refractivity contribution in [1.82, 2.24) is 0 Å². The summed E-state index contributed by atoms with van der Waals surface area (Å²) >= 11 is 0. The van der Waals surface area contributed by atoms with Crippen LogP contribution in [-0.2, 0) is 11.2 Å². The van der Waals surface area contributed by atoms with Gasteiger partial charge in [0.25, 0.3) is 0 Å². The number of hydrogen-bond acceptors (Lipinski definition) is 2. The van der Waals surface area contributed by atoms with Crippen molar-refractivity contribution < 1.29 is 9.90 Å². The summed E-state index contributed by atoms with van der Waals surface area (Å²) in [6.45, 7) is 3.85. The summed E-state index contributed by atoms with van der Waals surface area (Å²) in [7, 11) is 1.86. The lowest BCUT2D eigenvalue weighted by atomic mass is 9.85. The van der Waals surface area contributed by atoms with E-state index in [1.54, 1.807) is 6.92 Å². The van der Waals surface area contributed by atoms with E-state index in [0.717, 1.165) is 12.1 Å². The molecule has 1 aliphatic heterocycles. The van der Waals surface area contributed by atoms with E-state index in [9.17, 15) is 9.90 Å². The average Bonchev–Trinajstić information content (AvgIpc) is 2.23. The van der Waals surface area contributed by atoms with Gasteiger partial charge in [-0.25, -0.2) is 4.79 Å². The Kier molecular flexibility index (Phi) is 2.41. The minimum Gasteiger partial charge on any atom is -0.480 e. The highest BCUT2D eigenvalue weighted by Crippen LogP contribution is 2.36. The molecule has 3 nitrogen and oxygen atoms in total. The van der Waals surface area contributed by atoms with Crippen LogP contribution >= 0.6 is 0 Å². The van der Waals surface area contributed by atoms with Crippen molar-refractivity contribution in [2.24, 2.45) is 0 Å². The third kappa shape index (κ3) is 1.47. The second kappa shape index (κ2) is 3.51. The Morgan fingerprint density at radius 1 is 1.50 bits per heavy atom. The molecule has 16 heavy (non-hydrogen) atoms. The van der Waals surface area contributed by atoms with Gasteiger partial charge in [0.1, 0.15) is 5.54 Å². The van der Waals surface area contributed by atoms with Crippen molar-refractivity contribution in [3.05, 3.63) is 29.3 Å². The van der Waals surface area contributed by atoms with Crippen molar-refractivity contribution in [2.75, 3.05) is 11.9 Å². The highest BCUT2D eigenvalue weighted by atomic mass is 16.4. The standard InChI is InChI=1S/C13H17NO2/c1-9-4-5-11-10(8-9)6-7-13(2,12(15)16)14(11)3/h4-5,8H,6-7H2,1-3H3,(H,15,16). The van der Waals surface area contributed by atoms with Crippen molar-refractivity contribution in [1.29, 1.82) is 0 Å². The minimum atomic E-state index is -0.776. The summed E-state index contributed by atoms with van der Waals surface area (Å²) in [6, 6.07) is 6.20. The molecule has 0 bridgehead atoms. The number of benzene rings is 1. The van der Waals surface area contributed by atoms with Gasteiger partial charge in [-0.3, -0.25) is 0 Å². The van der Waals surface area contributed by atoms with Crippen LogP contribution in [0.5, 0.6) is 0 Å². The Morgan fingerprint density at radius 3 is 2.81 bits per heavy atom. The lowest BCUT2D eigenvalue weighted by Gasteiger charge is -2.41. The molecule has 0 aliphatic carbocycles. The topological polar surface area (TPSA) is 40.5 Å². The molecule has 0 spiro atoms. The highest BCUT2D eigenvalue weighted by molar-refractivity contribution is 5.84. The maximum absolute atomic E-state index is 11.3. The Hall–Kier alpha value is -1.51. The Labute approximate surface area is 95.7 Å².